The first-order chi connectivity index (χ1) is 5.45. The molecule has 58 valence electrons. The standard InChI is InChI=1S/C11H14/c1-2-4-11-9-6-5-8(7-9)10(11)3-1/h3-4,8-9H,1-2,5-7H2. The fraction of sp³-hybridized carbons (Fsp3) is 0.636. The third kappa shape index (κ3) is 0.702. The molecule has 11 heavy (non-hydrogen) atoms. The van der Waals surface area contributed by atoms with Crippen molar-refractivity contribution < 1.29 is 0 Å². The molecule has 3 aliphatic rings. The van der Waals surface area contributed by atoms with Crippen molar-refractivity contribution in [3.05, 3.63) is 23.3 Å². The molecular weight excluding hydrogens is 132 g/mol. The Kier molecular flexibility index (Phi) is 1.10. The van der Waals surface area contributed by atoms with Crippen LogP contribution in [0.4, 0.5) is 0 Å². The molecule has 0 spiro atoms. The largest absolute Gasteiger partial charge is 0.0805 e. The van der Waals surface area contributed by atoms with Crippen LogP contribution in [0.15, 0.2) is 23.3 Å². The first kappa shape index (κ1) is 6.05. The van der Waals surface area contributed by atoms with E-state index >= 15 is 0 Å². The molecule has 0 N–H and O–H groups in total. The molecule has 0 nitrogen and oxygen atoms in total. The minimum atomic E-state index is 0.978. The van der Waals surface area contributed by atoms with Gasteiger partial charge in [-0.15, -0.1) is 0 Å². The lowest BCUT2D eigenvalue weighted by molar-refractivity contribution is 0.642. The molecule has 0 radical (unpaired) electrons. The van der Waals surface area contributed by atoms with Gasteiger partial charge in [-0.1, -0.05) is 12.2 Å². The maximum Gasteiger partial charge on any atom is -0.0156 e. The zero-order valence-corrected chi connectivity index (χ0v) is 6.84. The summed E-state index contributed by atoms with van der Waals surface area (Å²) in [7, 11) is 0. The second-order valence-corrected chi connectivity index (χ2v) is 4.10. The molecule has 0 aromatic carbocycles. The zero-order valence-electron chi connectivity index (χ0n) is 6.84. The lowest BCUT2D eigenvalue weighted by Gasteiger charge is -2.20. The predicted molar refractivity (Wildman–Crippen MR) is 46.2 cm³/mol. The highest BCUT2D eigenvalue weighted by atomic mass is 14.4. The van der Waals surface area contributed by atoms with E-state index in [-0.39, 0.29) is 0 Å². The summed E-state index contributed by atoms with van der Waals surface area (Å²) in [6.45, 7) is 0. The Labute approximate surface area is 68.0 Å². The van der Waals surface area contributed by atoms with Gasteiger partial charge in [0, 0.05) is 0 Å². The Morgan fingerprint density at radius 1 is 0.909 bits per heavy atom. The lowest BCUT2D eigenvalue weighted by atomic mass is 9.85. The van der Waals surface area contributed by atoms with E-state index < -0.39 is 0 Å². The van der Waals surface area contributed by atoms with Crippen molar-refractivity contribution in [2.75, 3.05) is 0 Å². The van der Waals surface area contributed by atoms with E-state index in [1.165, 1.54) is 32.1 Å². The Balaban J connectivity index is 2.07. The molecule has 3 rings (SSSR count). The Hall–Kier alpha value is -0.520. The summed E-state index contributed by atoms with van der Waals surface area (Å²) in [4.78, 5) is 0. The van der Waals surface area contributed by atoms with Gasteiger partial charge in [0.25, 0.3) is 0 Å². The summed E-state index contributed by atoms with van der Waals surface area (Å²) < 4.78 is 0. The topological polar surface area (TPSA) is 0 Å². The van der Waals surface area contributed by atoms with Gasteiger partial charge in [-0.3, -0.25) is 0 Å². The maximum atomic E-state index is 2.50. The van der Waals surface area contributed by atoms with E-state index in [0.717, 1.165) is 11.8 Å². The van der Waals surface area contributed by atoms with Crippen LogP contribution in [-0.2, 0) is 0 Å². The van der Waals surface area contributed by atoms with Crippen molar-refractivity contribution in [1.82, 2.24) is 0 Å². The summed E-state index contributed by atoms with van der Waals surface area (Å²) in [6.07, 6.45) is 12.1. The van der Waals surface area contributed by atoms with E-state index in [4.69, 9.17) is 0 Å². The number of hydrogen-bond donors (Lipinski definition) is 0. The van der Waals surface area contributed by atoms with Gasteiger partial charge in [-0.2, -0.15) is 0 Å². The van der Waals surface area contributed by atoms with E-state index in [1.54, 1.807) is 11.1 Å². The third-order valence-electron chi connectivity index (χ3n) is 3.54. The van der Waals surface area contributed by atoms with Crippen molar-refractivity contribution in [2.45, 2.75) is 32.1 Å². The second kappa shape index (κ2) is 2.00. The third-order valence-corrected chi connectivity index (χ3v) is 3.54. The molecule has 2 fully saturated rings. The van der Waals surface area contributed by atoms with Crippen molar-refractivity contribution >= 4 is 0 Å². The molecule has 0 aliphatic heterocycles. The van der Waals surface area contributed by atoms with E-state index in [2.05, 4.69) is 12.2 Å². The number of allylic oxidation sites excluding steroid dienone is 4. The van der Waals surface area contributed by atoms with Crippen LogP contribution in [-0.4, -0.2) is 0 Å². The highest BCUT2D eigenvalue weighted by Crippen LogP contribution is 2.52. The summed E-state index contributed by atoms with van der Waals surface area (Å²) >= 11 is 0. The van der Waals surface area contributed by atoms with Crippen LogP contribution >= 0.6 is 0 Å². The van der Waals surface area contributed by atoms with Gasteiger partial charge in [0.15, 0.2) is 0 Å². The molecule has 0 saturated heterocycles. The van der Waals surface area contributed by atoms with Crippen LogP contribution < -0.4 is 0 Å². The van der Waals surface area contributed by atoms with Gasteiger partial charge in [-0.05, 0) is 55.1 Å². The Morgan fingerprint density at radius 3 is 2.00 bits per heavy atom. The molecule has 2 bridgehead atoms. The fourth-order valence-electron chi connectivity index (χ4n) is 3.06. The minimum absolute atomic E-state index is 0.978. The van der Waals surface area contributed by atoms with Gasteiger partial charge in [0.2, 0.25) is 0 Å². The highest BCUT2D eigenvalue weighted by molar-refractivity contribution is 5.43. The molecule has 3 aliphatic carbocycles. The van der Waals surface area contributed by atoms with Gasteiger partial charge in [0.1, 0.15) is 0 Å². The molecule has 0 aromatic heterocycles. The monoisotopic (exact) mass is 146 g/mol. The summed E-state index contributed by atoms with van der Waals surface area (Å²) in [5.74, 6) is 1.96. The summed E-state index contributed by atoms with van der Waals surface area (Å²) in [5.41, 5.74) is 3.49. The maximum absolute atomic E-state index is 2.50. The SMILES string of the molecule is C1=C2C(=CCC1)C1CCC2C1. The fourth-order valence-corrected chi connectivity index (χ4v) is 3.06. The van der Waals surface area contributed by atoms with Gasteiger partial charge in [-0.25, -0.2) is 0 Å². The van der Waals surface area contributed by atoms with Crippen molar-refractivity contribution in [2.24, 2.45) is 11.8 Å². The van der Waals surface area contributed by atoms with Crippen LogP contribution in [0, 0.1) is 11.8 Å². The molecule has 0 aromatic rings. The summed E-state index contributed by atoms with van der Waals surface area (Å²) in [5, 5.41) is 0. The van der Waals surface area contributed by atoms with E-state index in [0.29, 0.717) is 0 Å². The number of rotatable bonds is 0. The van der Waals surface area contributed by atoms with Gasteiger partial charge >= 0.3 is 0 Å². The van der Waals surface area contributed by atoms with E-state index in [1.807, 2.05) is 0 Å². The molecule has 0 heterocycles. The van der Waals surface area contributed by atoms with Crippen LogP contribution in [0.1, 0.15) is 32.1 Å². The average Bonchev–Trinajstić information content (AvgIpc) is 2.64. The van der Waals surface area contributed by atoms with Crippen LogP contribution in [0.25, 0.3) is 0 Å². The normalized spacial score (nSPS) is 40.0. The van der Waals surface area contributed by atoms with Crippen molar-refractivity contribution in [3.63, 3.8) is 0 Å². The predicted octanol–water partition coefficient (Wildman–Crippen LogP) is 3.06. The average molecular weight is 146 g/mol. The van der Waals surface area contributed by atoms with Gasteiger partial charge in [0.05, 0.1) is 0 Å². The molecule has 2 unspecified atom stereocenters. The zero-order chi connectivity index (χ0) is 7.26. The van der Waals surface area contributed by atoms with Crippen LogP contribution in [0.3, 0.4) is 0 Å². The van der Waals surface area contributed by atoms with E-state index in [9.17, 15) is 0 Å². The molecular formula is C11H14. The minimum Gasteiger partial charge on any atom is -0.0805 e. The Bertz CT molecular complexity index is 219. The van der Waals surface area contributed by atoms with Crippen molar-refractivity contribution in [1.29, 1.82) is 0 Å². The second-order valence-electron chi connectivity index (χ2n) is 4.10. The first-order valence-electron chi connectivity index (χ1n) is 4.85. The molecule has 2 saturated carbocycles. The number of fused-ring (bicyclic) bond motifs is 5. The molecule has 0 heteroatoms. The van der Waals surface area contributed by atoms with Crippen LogP contribution in [0.5, 0.6) is 0 Å². The Morgan fingerprint density at radius 2 is 1.45 bits per heavy atom. The van der Waals surface area contributed by atoms with Crippen LogP contribution in [0.2, 0.25) is 0 Å². The first-order valence-corrected chi connectivity index (χ1v) is 4.85. The van der Waals surface area contributed by atoms with Crippen molar-refractivity contribution in [3.8, 4) is 0 Å². The number of hydrogen-bond acceptors (Lipinski definition) is 0. The summed E-state index contributed by atoms with van der Waals surface area (Å²) in [6, 6.07) is 0. The van der Waals surface area contributed by atoms with Gasteiger partial charge < -0.3 is 0 Å². The highest BCUT2D eigenvalue weighted by Gasteiger charge is 2.39. The molecule has 0 amide bonds. The lowest BCUT2D eigenvalue weighted by Crippen LogP contribution is -2.04. The molecule has 2 atom stereocenters. The quantitative estimate of drug-likeness (QED) is 0.492. The smallest absolute Gasteiger partial charge is 0.0156 e.